The van der Waals surface area contributed by atoms with Crippen molar-refractivity contribution in [1.82, 2.24) is 9.80 Å². The SMILES string of the molecule is CC(C)(C)OC(=O)N1[C@@H]2CC[C@H]1CN(C(=O)C(F)(F)F)C2. The summed E-state index contributed by atoms with van der Waals surface area (Å²) in [6.45, 7) is 5.02. The number of halogens is 3. The van der Waals surface area contributed by atoms with Gasteiger partial charge < -0.3 is 9.64 Å². The van der Waals surface area contributed by atoms with E-state index in [0.29, 0.717) is 12.8 Å². The molecule has 21 heavy (non-hydrogen) atoms. The Balaban J connectivity index is 2.06. The van der Waals surface area contributed by atoms with Gasteiger partial charge in [-0.05, 0) is 33.6 Å². The van der Waals surface area contributed by atoms with Crippen molar-refractivity contribution in [2.24, 2.45) is 0 Å². The Bertz CT molecular complexity index is 431. The highest BCUT2D eigenvalue weighted by molar-refractivity contribution is 5.82. The molecule has 2 aliphatic rings. The molecule has 2 fully saturated rings. The molecule has 0 spiro atoms. The van der Waals surface area contributed by atoms with Gasteiger partial charge in [-0.15, -0.1) is 0 Å². The number of carbonyl (C=O) groups excluding carboxylic acids is 2. The van der Waals surface area contributed by atoms with Gasteiger partial charge in [0.1, 0.15) is 5.60 Å². The Morgan fingerprint density at radius 3 is 1.90 bits per heavy atom. The van der Waals surface area contributed by atoms with Gasteiger partial charge in [-0.25, -0.2) is 4.79 Å². The average molecular weight is 308 g/mol. The maximum Gasteiger partial charge on any atom is 0.471 e. The second-order valence-electron chi connectivity index (χ2n) is 6.48. The number of alkyl halides is 3. The van der Waals surface area contributed by atoms with Gasteiger partial charge in [0.25, 0.3) is 0 Å². The van der Waals surface area contributed by atoms with Crippen LogP contribution in [0.3, 0.4) is 0 Å². The third kappa shape index (κ3) is 3.41. The first-order valence-electron chi connectivity index (χ1n) is 6.86. The smallest absolute Gasteiger partial charge is 0.444 e. The molecule has 2 atom stereocenters. The fraction of sp³-hybridized carbons (Fsp3) is 0.846. The van der Waals surface area contributed by atoms with Crippen LogP contribution in [0.5, 0.6) is 0 Å². The third-order valence-electron chi connectivity index (χ3n) is 3.62. The standard InChI is InChI=1S/C13H19F3N2O3/c1-12(2,3)21-11(20)18-8-4-5-9(18)7-17(6-8)10(19)13(14,15)16/h8-9H,4-7H2,1-3H3/t8-,9+. The molecule has 0 saturated carbocycles. The highest BCUT2D eigenvalue weighted by atomic mass is 19.4. The van der Waals surface area contributed by atoms with Gasteiger partial charge in [0.2, 0.25) is 0 Å². The van der Waals surface area contributed by atoms with Gasteiger partial charge in [0.05, 0.1) is 12.1 Å². The average Bonchev–Trinajstić information content (AvgIpc) is 2.56. The summed E-state index contributed by atoms with van der Waals surface area (Å²) >= 11 is 0. The molecule has 0 N–H and O–H groups in total. The second kappa shape index (κ2) is 5.06. The minimum absolute atomic E-state index is 0.0892. The maximum atomic E-state index is 12.5. The lowest BCUT2D eigenvalue weighted by Crippen LogP contribution is -2.59. The molecule has 8 heteroatoms. The van der Waals surface area contributed by atoms with Crippen molar-refractivity contribution in [2.75, 3.05) is 13.1 Å². The van der Waals surface area contributed by atoms with Crippen molar-refractivity contribution in [3.8, 4) is 0 Å². The maximum absolute atomic E-state index is 12.5. The zero-order valence-corrected chi connectivity index (χ0v) is 12.2. The van der Waals surface area contributed by atoms with Crippen LogP contribution in [-0.4, -0.2) is 58.8 Å². The zero-order valence-electron chi connectivity index (χ0n) is 12.2. The van der Waals surface area contributed by atoms with E-state index in [1.54, 1.807) is 20.8 Å². The van der Waals surface area contributed by atoms with E-state index >= 15 is 0 Å². The van der Waals surface area contributed by atoms with Gasteiger partial charge >= 0.3 is 18.2 Å². The van der Waals surface area contributed by atoms with E-state index in [1.807, 2.05) is 0 Å². The molecule has 120 valence electrons. The van der Waals surface area contributed by atoms with Gasteiger partial charge in [-0.3, -0.25) is 9.69 Å². The van der Waals surface area contributed by atoms with Gasteiger partial charge in [-0.2, -0.15) is 13.2 Å². The van der Waals surface area contributed by atoms with Crippen LogP contribution in [-0.2, 0) is 9.53 Å². The van der Waals surface area contributed by atoms with Crippen molar-refractivity contribution in [1.29, 1.82) is 0 Å². The first-order valence-corrected chi connectivity index (χ1v) is 6.86. The normalized spacial score (nSPS) is 26.0. The summed E-state index contributed by atoms with van der Waals surface area (Å²) in [4.78, 5) is 25.7. The molecule has 2 amide bonds. The number of hydrogen-bond donors (Lipinski definition) is 0. The molecule has 0 unspecified atom stereocenters. The minimum Gasteiger partial charge on any atom is -0.444 e. The molecule has 5 nitrogen and oxygen atoms in total. The lowest BCUT2D eigenvalue weighted by molar-refractivity contribution is -0.188. The molecule has 0 aliphatic carbocycles. The number of amides is 2. The Morgan fingerprint density at radius 1 is 1.05 bits per heavy atom. The van der Waals surface area contributed by atoms with E-state index in [9.17, 15) is 22.8 Å². The number of hydrogen-bond acceptors (Lipinski definition) is 3. The van der Waals surface area contributed by atoms with Crippen LogP contribution in [0, 0.1) is 0 Å². The predicted octanol–water partition coefficient (Wildman–Crippen LogP) is 2.16. The Morgan fingerprint density at radius 2 is 1.52 bits per heavy atom. The molecule has 0 radical (unpaired) electrons. The molecular weight excluding hydrogens is 289 g/mol. The number of likely N-dealkylation sites (tertiary alicyclic amines) is 1. The number of carbonyl (C=O) groups is 2. The summed E-state index contributed by atoms with van der Waals surface area (Å²) < 4.78 is 42.8. The highest BCUT2D eigenvalue weighted by Gasteiger charge is 2.50. The topological polar surface area (TPSA) is 49.9 Å². The summed E-state index contributed by atoms with van der Waals surface area (Å²) in [6, 6.07) is -0.796. The Kier molecular flexibility index (Phi) is 3.84. The molecule has 2 aliphatic heterocycles. The third-order valence-corrected chi connectivity index (χ3v) is 3.62. The number of fused-ring (bicyclic) bond motifs is 2. The van der Waals surface area contributed by atoms with Crippen LogP contribution in [0.15, 0.2) is 0 Å². The number of ether oxygens (including phenoxy) is 1. The summed E-state index contributed by atoms with van der Waals surface area (Å²) in [5.41, 5.74) is -0.657. The summed E-state index contributed by atoms with van der Waals surface area (Å²) in [5, 5.41) is 0. The van der Waals surface area contributed by atoms with Gasteiger partial charge in [0, 0.05) is 13.1 Å². The monoisotopic (exact) mass is 308 g/mol. The molecule has 2 heterocycles. The van der Waals surface area contributed by atoms with Crippen molar-refractivity contribution in [3.63, 3.8) is 0 Å². The van der Waals surface area contributed by atoms with Crippen LogP contribution >= 0.6 is 0 Å². The van der Waals surface area contributed by atoms with E-state index in [1.165, 1.54) is 4.90 Å². The second-order valence-corrected chi connectivity index (χ2v) is 6.48. The predicted molar refractivity (Wildman–Crippen MR) is 67.5 cm³/mol. The lowest BCUT2D eigenvalue weighted by Gasteiger charge is -2.41. The van der Waals surface area contributed by atoms with Gasteiger partial charge in [-0.1, -0.05) is 0 Å². The zero-order chi connectivity index (χ0) is 16.0. The van der Waals surface area contributed by atoms with Crippen LogP contribution in [0.25, 0.3) is 0 Å². The molecule has 2 bridgehead atoms. The molecule has 0 aromatic rings. The first-order chi connectivity index (χ1) is 9.49. The quantitative estimate of drug-likeness (QED) is 0.689. The van der Waals surface area contributed by atoms with Crippen molar-refractivity contribution in [2.45, 2.75) is 57.5 Å². The van der Waals surface area contributed by atoms with Crippen molar-refractivity contribution >= 4 is 12.0 Å². The highest BCUT2D eigenvalue weighted by Crippen LogP contribution is 2.33. The van der Waals surface area contributed by atoms with Crippen molar-refractivity contribution < 1.29 is 27.5 Å². The lowest BCUT2D eigenvalue weighted by atomic mass is 10.2. The van der Waals surface area contributed by atoms with Crippen LogP contribution in [0.4, 0.5) is 18.0 Å². The number of nitrogens with zero attached hydrogens (tertiary/aromatic N) is 2. The van der Waals surface area contributed by atoms with E-state index in [0.717, 1.165) is 4.90 Å². The number of piperazine rings is 1. The van der Waals surface area contributed by atoms with Crippen LogP contribution in [0.2, 0.25) is 0 Å². The van der Waals surface area contributed by atoms with E-state index < -0.39 is 35.9 Å². The van der Waals surface area contributed by atoms with E-state index in [2.05, 4.69) is 0 Å². The largest absolute Gasteiger partial charge is 0.471 e. The van der Waals surface area contributed by atoms with E-state index in [-0.39, 0.29) is 13.1 Å². The molecule has 0 aromatic heterocycles. The van der Waals surface area contributed by atoms with Crippen LogP contribution in [0.1, 0.15) is 33.6 Å². The first kappa shape index (κ1) is 15.9. The summed E-state index contributed by atoms with van der Waals surface area (Å²) in [6.07, 6.45) is -4.21. The van der Waals surface area contributed by atoms with Gasteiger partial charge in [0.15, 0.2) is 0 Å². The van der Waals surface area contributed by atoms with Crippen LogP contribution < -0.4 is 0 Å². The molecule has 0 aromatic carbocycles. The molecule has 2 saturated heterocycles. The van der Waals surface area contributed by atoms with E-state index in [4.69, 9.17) is 4.74 Å². The molecule has 2 rings (SSSR count). The summed E-state index contributed by atoms with van der Waals surface area (Å²) in [5.74, 6) is -1.83. The summed E-state index contributed by atoms with van der Waals surface area (Å²) in [7, 11) is 0. The molecular formula is C13H19F3N2O3. The Hall–Kier alpha value is -1.47. The Labute approximate surface area is 121 Å². The minimum atomic E-state index is -4.87. The fourth-order valence-corrected chi connectivity index (χ4v) is 2.86. The fourth-order valence-electron chi connectivity index (χ4n) is 2.86. The number of rotatable bonds is 0. The van der Waals surface area contributed by atoms with Crippen molar-refractivity contribution in [3.05, 3.63) is 0 Å².